The monoisotopic (exact) mass is 275 g/mol. The van der Waals surface area contributed by atoms with E-state index in [9.17, 15) is 4.79 Å². The van der Waals surface area contributed by atoms with E-state index in [1.54, 1.807) is 0 Å². The van der Waals surface area contributed by atoms with Gasteiger partial charge in [0.1, 0.15) is 5.60 Å². The number of rotatable bonds is 4. The van der Waals surface area contributed by atoms with Crippen LogP contribution in [0.25, 0.3) is 0 Å². The molecule has 1 fully saturated rings. The topological polar surface area (TPSA) is 38.3 Å². The van der Waals surface area contributed by atoms with Crippen LogP contribution in [0.3, 0.4) is 0 Å². The largest absolute Gasteiger partial charge is 0.459 e. The van der Waals surface area contributed by atoms with E-state index in [0.29, 0.717) is 18.5 Å². The standard InChI is InChI=1S/C17H25NO2/c1-12-5-7-13(8-6-12)14-9-15(10-14)18-11-16(19)20-17(2,3)4/h5-8,14-15,18H,9-11H2,1-4H3. The van der Waals surface area contributed by atoms with Crippen molar-refractivity contribution >= 4 is 5.97 Å². The van der Waals surface area contributed by atoms with Gasteiger partial charge in [0.15, 0.2) is 0 Å². The summed E-state index contributed by atoms with van der Waals surface area (Å²) in [6.07, 6.45) is 2.21. The molecule has 2 rings (SSSR count). The predicted octanol–water partition coefficient (Wildman–Crippen LogP) is 3.17. The van der Waals surface area contributed by atoms with Crippen LogP contribution in [0.5, 0.6) is 0 Å². The molecule has 3 nitrogen and oxygen atoms in total. The zero-order valence-corrected chi connectivity index (χ0v) is 12.9. The Morgan fingerprint density at radius 1 is 1.25 bits per heavy atom. The lowest BCUT2D eigenvalue weighted by atomic mass is 9.76. The van der Waals surface area contributed by atoms with E-state index in [1.165, 1.54) is 11.1 Å². The van der Waals surface area contributed by atoms with Gasteiger partial charge in [-0.05, 0) is 52.0 Å². The van der Waals surface area contributed by atoms with Gasteiger partial charge < -0.3 is 10.1 Å². The normalized spacial score (nSPS) is 22.2. The van der Waals surface area contributed by atoms with Crippen LogP contribution in [0, 0.1) is 6.92 Å². The molecule has 0 heterocycles. The third-order valence-corrected chi connectivity index (χ3v) is 3.64. The zero-order valence-electron chi connectivity index (χ0n) is 12.9. The molecule has 0 atom stereocenters. The number of ether oxygens (including phenoxy) is 1. The summed E-state index contributed by atoms with van der Waals surface area (Å²) in [5, 5.41) is 3.28. The smallest absolute Gasteiger partial charge is 0.320 e. The second-order valence-electron chi connectivity index (χ2n) is 6.74. The fourth-order valence-corrected chi connectivity index (χ4v) is 2.50. The van der Waals surface area contributed by atoms with E-state index in [-0.39, 0.29) is 5.97 Å². The first-order chi connectivity index (χ1) is 9.33. The Labute approximate surface area is 121 Å². The van der Waals surface area contributed by atoms with Crippen molar-refractivity contribution in [2.75, 3.05) is 6.54 Å². The van der Waals surface area contributed by atoms with Crippen molar-refractivity contribution in [3.8, 4) is 0 Å². The van der Waals surface area contributed by atoms with Crippen LogP contribution < -0.4 is 5.32 Å². The van der Waals surface area contributed by atoms with Gasteiger partial charge in [0.25, 0.3) is 0 Å². The molecule has 1 N–H and O–H groups in total. The third kappa shape index (κ3) is 4.34. The fourth-order valence-electron chi connectivity index (χ4n) is 2.50. The lowest BCUT2D eigenvalue weighted by Crippen LogP contribution is -2.43. The van der Waals surface area contributed by atoms with Gasteiger partial charge in [0.05, 0.1) is 6.54 Å². The minimum absolute atomic E-state index is 0.170. The van der Waals surface area contributed by atoms with Crippen molar-refractivity contribution < 1.29 is 9.53 Å². The lowest BCUT2D eigenvalue weighted by molar-refractivity contribution is -0.153. The molecule has 0 bridgehead atoms. The first kappa shape index (κ1) is 15.0. The third-order valence-electron chi connectivity index (χ3n) is 3.64. The second-order valence-corrected chi connectivity index (χ2v) is 6.74. The van der Waals surface area contributed by atoms with Crippen LogP contribution in [0.1, 0.15) is 50.7 Å². The van der Waals surface area contributed by atoms with Crippen molar-refractivity contribution in [2.24, 2.45) is 0 Å². The summed E-state index contributed by atoms with van der Waals surface area (Å²) < 4.78 is 5.28. The maximum absolute atomic E-state index is 11.6. The van der Waals surface area contributed by atoms with E-state index >= 15 is 0 Å². The van der Waals surface area contributed by atoms with Gasteiger partial charge in [-0.15, -0.1) is 0 Å². The van der Waals surface area contributed by atoms with Gasteiger partial charge in [-0.1, -0.05) is 29.8 Å². The number of hydrogen-bond acceptors (Lipinski definition) is 3. The minimum atomic E-state index is -0.400. The van der Waals surface area contributed by atoms with Crippen LogP contribution in [0.4, 0.5) is 0 Å². The summed E-state index contributed by atoms with van der Waals surface area (Å²) in [6.45, 7) is 8.09. The Bertz CT molecular complexity index is 453. The Morgan fingerprint density at radius 3 is 2.40 bits per heavy atom. The molecule has 0 unspecified atom stereocenters. The number of aryl methyl sites for hydroxylation is 1. The molecule has 1 aromatic carbocycles. The molecule has 3 heteroatoms. The van der Waals surface area contributed by atoms with Crippen LogP contribution in [-0.4, -0.2) is 24.2 Å². The first-order valence-electron chi connectivity index (χ1n) is 7.35. The van der Waals surface area contributed by atoms with Crippen LogP contribution in [0.15, 0.2) is 24.3 Å². The van der Waals surface area contributed by atoms with E-state index < -0.39 is 5.60 Å². The molecule has 0 amide bonds. The first-order valence-corrected chi connectivity index (χ1v) is 7.35. The summed E-state index contributed by atoms with van der Waals surface area (Å²) in [6, 6.07) is 9.19. The number of carbonyl (C=O) groups excluding carboxylic acids is 1. The van der Waals surface area contributed by atoms with Crippen LogP contribution in [-0.2, 0) is 9.53 Å². The van der Waals surface area contributed by atoms with Gasteiger partial charge in [-0.25, -0.2) is 0 Å². The van der Waals surface area contributed by atoms with Gasteiger partial charge >= 0.3 is 5.97 Å². The Morgan fingerprint density at radius 2 is 1.85 bits per heavy atom. The summed E-state index contributed by atoms with van der Waals surface area (Å²) in [7, 11) is 0. The van der Waals surface area contributed by atoms with E-state index in [1.807, 2.05) is 20.8 Å². The predicted molar refractivity (Wildman–Crippen MR) is 80.8 cm³/mol. The zero-order chi connectivity index (χ0) is 14.8. The lowest BCUT2D eigenvalue weighted by Gasteiger charge is -2.36. The average molecular weight is 275 g/mol. The van der Waals surface area contributed by atoms with Crippen molar-refractivity contribution in [3.05, 3.63) is 35.4 Å². The molecule has 0 spiro atoms. The molecule has 1 aliphatic carbocycles. The van der Waals surface area contributed by atoms with Crippen molar-refractivity contribution in [3.63, 3.8) is 0 Å². The molecule has 0 aromatic heterocycles. The second kappa shape index (κ2) is 5.96. The highest BCUT2D eigenvalue weighted by Crippen LogP contribution is 2.36. The Kier molecular flexibility index (Phi) is 4.48. The van der Waals surface area contributed by atoms with Gasteiger partial charge in [-0.3, -0.25) is 4.79 Å². The number of hydrogen-bond donors (Lipinski definition) is 1. The highest BCUT2D eigenvalue weighted by Gasteiger charge is 2.30. The number of esters is 1. The molecule has 110 valence electrons. The van der Waals surface area contributed by atoms with Crippen molar-refractivity contribution in [2.45, 2.75) is 58.1 Å². The maximum Gasteiger partial charge on any atom is 0.320 e. The van der Waals surface area contributed by atoms with Gasteiger partial charge in [0.2, 0.25) is 0 Å². The molecule has 1 aliphatic rings. The van der Waals surface area contributed by atoms with E-state index in [0.717, 1.165) is 12.8 Å². The summed E-state index contributed by atoms with van der Waals surface area (Å²) >= 11 is 0. The van der Waals surface area contributed by atoms with E-state index in [2.05, 4.69) is 36.5 Å². The molecular formula is C17H25NO2. The Hall–Kier alpha value is -1.35. The minimum Gasteiger partial charge on any atom is -0.459 e. The fraction of sp³-hybridized carbons (Fsp3) is 0.588. The van der Waals surface area contributed by atoms with Crippen LogP contribution >= 0.6 is 0 Å². The molecule has 0 aliphatic heterocycles. The molecule has 1 aromatic rings. The molecular weight excluding hydrogens is 250 g/mol. The van der Waals surface area contributed by atoms with Crippen LogP contribution in [0.2, 0.25) is 0 Å². The number of carbonyl (C=O) groups is 1. The average Bonchev–Trinajstić information content (AvgIpc) is 2.27. The molecule has 1 saturated carbocycles. The van der Waals surface area contributed by atoms with E-state index in [4.69, 9.17) is 4.74 Å². The SMILES string of the molecule is Cc1ccc(C2CC(NCC(=O)OC(C)(C)C)C2)cc1. The highest BCUT2D eigenvalue weighted by atomic mass is 16.6. The molecule has 0 radical (unpaired) electrons. The van der Waals surface area contributed by atoms with Crippen molar-refractivity contribution in [1.82, 2.24) is 5.32 Å². The quantitative estimate of drug-likeness (QED) is 0.858. The summed E-state index contributed by atoms with van der Waals surface area (Å²) in [5.74, 6) is 0.461. The Balaban J connectivity index is 1.69. The number of benzene rings is 1. The molecule has 20 heavy (non-hydrogen) atoms. The maximum atomic E-state index is 11.6. The summed E-state index contributed by atoms with van der Waals surface area (Å²) in [5.41, 5.74) is 2.31. The van der Waals surface area contributed by atoms with Gasteiger partial charge in [-0.2, -0.15) is 0 Å². The van der Waals surface area contributed by atoms with Crippen molar-refractivity contribution in [1.29, 1.82) is 0 Å². The summed E-state index contributed by atoms with van der Waals surface area (Å²) in [4.78, 5) is 11.6. The highest BCUT2D eigenvalue weighted by molar-refractivity contribution is 5.72. The number of nitrogens with one attached hydrogen (secondary N) is 1. The van der Waals surface area contributed by atoms with Gasteiger partial charge in [0, 0.05) is 6.04 Å². The molecule has 0 saturated heterocycles.